The van der Waals surface area contributed by atoms with E-state index in [0.717, 1.165) is 12.8 Å². The average Bonchev–Trinajstić information content (AvgIpc) is 2.54. The third-order valence-electron chi connectivity index (χ3n) is 4.16. The Morgan fingerprint density at radius 1 is 1.27 bits per heavy atom. The van der Waals surface area contributed by atoms with Crippen molar-refractivity contribution in [2.24, 2.45) is 11.7 Å². The molecule has 2 unspecified atom stereocenters. The van der Waals surface area contributed by atoms with Crippen molar-refractivity contribution in [2.45, 2.75) is 30.7 Å². The lowest BCUT2D eigenvalue weighted by molar-refractivity contribution is 0.243. The van der Waals surface area contributed by atoms with Crippen molar-refractivity contribution in [3.8, 4) is 11.5 Å². The Morgan fingerprint density at radius 2 is 1.95 bits per heavy atom. The molecule has 7 heteroatoms. The van der Waals surface area contributed by atoms with Crippen molar-refractivity contribution in [2.75, 3.05) is 27.3 Å². The number of nitrogens with zero attached hydrogens (tertiary/aromatic N) is 1. The molecule has 0 radical (unpaired) electrons. The minimum absolute atomic E-state index is 0.0107. The molecular formula is C15H24N2O4S. The van der Waals surface area contributed by atoms with E-state index >= 15 is 0 Å². The Morgan fingerprint density at radius 3 is 2.55 bits per heavy atom. The van der Waals surface area contributed by atoms with E-state index in [4.69, 9.17) is 15.2 Å². The molecule has 0 saturated carbocycles. The van der Waals surface area contributed by atoms with Crippen molar-refractivity contribution in [3.05, 3.63) is 18.2 Å². The molecule has 1 saturated heterocycles. The Labute approximate surface area is 132 Å². The van der Waals surface area contributed by atoms with Gasteiger partial charge >= 0.3 is 0 Å². The summed E-state index contributed by atoms with van der Waals surface area (Å²) in [6, 6.07) is 4.65. The van der Waals surface area contributed by atoms with Gasteiger partial charge in [-0.05, 0) is 37.8 Å². The second-order valence-corrected chi connectivity index (χ2v) is 7.58. The predicted molar refractivity (Wildman–Crippen MR) is 84.7 cm³/mol. The Hall–Kier alpha value is -1.31. The van der Waals surface area contributed by atoms with E-state index < -0.39 is 10.0 Å². The molecule has 1 fully saturated rings. The maximum absolute atomic E-state index is 12.8. The molecule has 1 aromatic rings. The Balaban J connectivity index is 2.30. The molecule has 2 rings (SSSR count). The number of benzene rings is 1. The van der Waals surface area contributed by atoms with E-state index in [1.54, 1.807) is 12.1 Å². The van der Waals surface area contributed by atoms with Crippen LogP contribution >= 0.6 is 0 Å². The van der Waals surface area contributed by atoms with Crippen LogP contribution in [0.15, 0.2) is 23.1 Å². The van der Waals surface area contributed by atoms with Crippen LogP contribution in [0.5, 0.6) is 11.5 Å². The van der Waals surface area contributed by atoms with Gasteiger partial charge in [-0.1, -0.05) is 0 Å². The highest BCUT2D eigenvalue weighted by Crippen LogP contribution is 2.32. The SMILES string of the molecule is COc1ccc(S(=O)(=O)N2CCCC(C(C)N)C2)cc1OC. The van der Waals surface area contributed by atoms with Crippen LogP contribution in [0.4, 0.5) is 0 Å². The molecule has 1 heterocycles. The first-order chi connectivity index (χ1) is 10.4. The third kappa shape index (κ3) is 3.37. The fourth-order valence-corrected chi connectivity index (χ4v) is 4.30. The molecule has 124 valence electrons. The van der Waals surface area contributed by atoms with Gasteiger partial charge in [-0.3, -0.25) is 0 Å². The summed E-state index contributed by atoms with van der Waals surface area (Å²) in [5.74, 6) is 1.11. The highest BCUT2D eigenvalue weighted by Gasteiger charge is 2.32. The Kier molecular flexibility index (Phi) is 5.31. The van der Waals surface area contributed by atoms with Gasteiger partial charge in [0.25, 0.3) is 0 Å². The van der Waals surface area contributed by atoms with E-state index in [9.17, 15) is 8.42 Å². The van der Waals surface area contributed by atoms with Gasteiger partial charge in [-0.2, -0.15) is 4.31 Å². The first-order valence-electron chi connectivity index (χ1n) is 7.38. The maximum Gasteiger partial charge on any atom is 0.243 e. The van der Waals surface area contributed by atoms with Crippen LogP contribution in [0.25, 0.3) is 0 Å². The van der Waals surface area contributed by atoms with Gasteiger partial charge in [0.15, 0.2) is 11.5 Å². The highest BCUT2D eigenvalue weighted by atomic mass is 32.2. The lowest BCUT2D eigenvalue weighted by Gasteiger charge is -2.33. The van der Waals surface area contributed by atoms with Crippen molar-refractivity contribution in [3.63, 3.8) is 0 Å². The summed E-state index contributed by atoms with van der Waals surface area (Å²) in [7, 11) is -0.539. The van der Waals surface area contributed by atoms with Crippen molar-refractivity contribution < 1.29 is 17.9 Å². The van der Waals surface area contributed by atoms with Gasteiger partial charge in [0.05, 0.1) is 19.1 Å². The number of methoxy groups -OCH3 is 2. The zero-order valence-corrected chi connectivity index (χ0v) is 14.1. The van der Waals surface area contributed by atoms with Crippen molar-refractivity contribution in [1.82, 2.24) is 4.31 Å². The molecule has 1 aliphatic heterocycles. The minimum Gasteiger partial charge on any atom is -0.493 e. The molecular weight excluding hydrogens is 304 g/mol. The van der Waals surface area contributed by atoms with Crippen LogP contribution in [0.3, 0.4) is 0 Å². The number of nitrogens with two attached hydrogens (primary N) is 1. The van der Waals surface area contributed by atoms with E-state index in [-0.39, 0.29) is 16.9 Å². The zero-order chi connectivity index (χ0) is 16.3. The summed E-state index contributed by atoms with van der Waals surface area (Å²) in [6.45, 7) is 2.92. The molecule has 0 aromatic heterocycles. The van der Waals surface area contributed by atoms with Crippen molar-refractivity contribution >= 4 is 10.0 Å². The largest absolute Gasteiger partial charge is 0.493 e. The minimum atomic E-state index is -3.54. The van der Waals surface area contributed by atoms with E-state index in [1.807, 2.05) is 6.92 Å². The van der Waals surface area contributed by atoms with Gasteiger partial charge in [0.1, 0.15) is 0 Å². The number of rotatable bonds is 5. The number of sulfonamides is 1. The number of piperidine rings is 1. The predicted octanol–water partition coefficient (Wildman–Crippen LogP) is 1.45. The first-order valence-corrected chi connectivity index (χ1v) is 8.82. The highest BCUT2D eigenvalue weighted by molar-refractivity contribution is 7.89. The van der Waals surface area contributed by atoms with Crippen LogP contribution in [0.2, 0.25) is 0 Å². The summed E-state index contributed by atoms with van der Waals surface area (Å²) in [5, 5.41) is 0. The van der Waals surface area contributed by atoms with Crippen molar-refractivity contribution in [1.29, 1.82) is 0 Å². The quantitative estimate of drug-likeness (QED) is 0.885. The maximum atomic E-state index is 12.8. The van der Waals surface area contributed by atoms with E-state index in [1.165, 1.54) is 24.6 Å². The topological polar surface area (TPSA) is 81.9 Å². The molecule has 1 aliphatic rings. The lowest BCUT2D eigenvalue weighted by Crippen LogP contribution is -2.44. The number of ether oxygens (including phenoxy) is 2. The van der Waals surface area contributed by atoms with Gasteiger partial charge in [0, 0.05) is 25.2 Å². The standard InChI is InChI=1S/C15H24N2O4S/c1-11(16)12-5-4-8-17(10-12)22(18,19)13-6-7-14(20-2)15(9-13)21-3/h6-7,9,11-12H,4-5,8,10,16H2,1-3H3. The molecule has 2 atom stereocenters. The Bertz CT molecular complexity index is 616. The average molecular weight is 328 g/mol. The summed E-state index contributed by atoms with van der Waals surface area (Å²) >= 11 is 0. The van der Waals surface area contributed by atoms with Gasteiger partial charge in [-0.15, -0.1) is 0 Å². The van der Waals surface area contributed by atoms with Gasteiger partial charge in [-0.25, -0.2) is 8.42 Å². The van der Waals surface area contributed by atoms with E-state index in [0.29, 0.717) is 24.6 Å². The summed E-state index contributed by atoms with van der Waals surface area (Å²) < 4.78 is 37.5. The summed E-state index contributed by atoms with van der Waals surface area (Å²) in [5.41, 5.74) is 5.94. The summed E-state index contributed by atoms with van der Waals surface area (Å²) in [6.07, 6.45) is 1.80. The number of hydrogen-bond donors (Lipinski definition) is 1. The molecule has 0 aliphatic carbocycles. The van der Waals surface area contributed by atoms with Crippen LogP contribution < -0.4 is 15.2 Å². The van der Waals surface area contributed by atoms with Crippen LogP contribution in [0.1, 0.15) is 19.8 Å². The first kappa shape index (κ1) is 17.1. The third-order valence-corrected chi connectivity index (χ3v) is 6.02. The van der Waals surface area contributed by atoms with Crippen LogP contribution in [0, 0.1) is 5.92 Å². The molecule has 1 aromatic carbocycles. The van der Waals surface area contributed by atoms with Gasteiger partial charge < -0.3 is 15.2 Å². The molecule has 0 bridgehead atoms. The molecule has 0 amide bonds. The number of hydrogen-bond acceptors (Lipinski definition) is 5. The normalized spacial score (nSPS) is 21.4. The van der Waals surface area contributed by atoms with Crippen LogP contribution in [-0.4, -0.2) is 46.1 Å². The molecule has 2 N–H and O–H groups in total. The van der Waals surface area contributed by atoms with E-state index in [2.05, 4.69) is 0 Å². The fourth-order valence-electron chi connectivity index (χ4n) is 2.75. The van der Waals surface area contributed by atoms with Crippen LogP contribution in [-0.2, 0) is 10.0 Å². The lowest BCUT2D eigenvalue weighted by atomic mass is 9.93. The molecule has 6 nitrogen and oxygen atoms in total. The summed E-state index contributed by atoms with van der Waals surface area (Å²) in [4.78, 5) is 0.218. The smallest absolute Gasteiger partial charge is 0.243 e. The molecule has 22 heavy (non-hydrogen) atoms. The molecule has 0 spiro atoms. The fraction of sp³-hybridized carbons (Fsp3) is 0.600. The monoisotopic (exact) mass is 328 g/mol. The van der Waals surface area contributed by atoms with Gasteiger partial charge in [0.2, 0.25) is 10.0 Å². The zero-order valence-electron chi connectivity index (χ0n) is 13.3. The second-order valence-electron chi connectivity index (χ2n) is 5.64. The second kappa shape index (κ2) is 6.85.